The standard InChI is InChI=1S/C25H37N3O9S.C20H29N3O7S/c1-6-18-16-25(18,27-23(31)37-24(2,3)4)22(30)28-38(32,33)20-11-8-7-10-19(20)26-12-15-35-13-9-14-36-17-21(29)34-5;1-3-15-13-20(15,21)19(25)23-31(26,27)17-8-5-4-7-16(17)22-9-12-29-10-6-11-30-14-18(24)28-2/h6-8,10-11,18,26H,1,9,12-17H2,2-5H3,(H,27,31)(H,28,30);3-5,7-8,15,22H,1,6,9-14,21H2,2H3,(H,23,25)/t18-,25-;15-,20-/m11/s1. The van der Waals surface area contributed by atoms with Crippen LogP contribution in [0.3, 0.4) is 0 Å². The molecule has 4 atom stereocenters. The van der Waals surface area contributed by atoms with Crippen LogP contribution in [-0.2, 0) is 72.4 Å². The predicted octanol–water partition coefficient (Wildman–Crippen LogP) is 2.37. The molecule has 24 heteroatoms. The lowest BCUT2D eigenvalue weighted by Gasteiger charge is -2.24. The first-order valence-corrected chi connectivity index (χ1v) is 24.9. The Morgan fingerprint density at radius 3 is 1.51 bits per heavy atom. The summed E-state index contributed by atoms with van der Waals surface area (Å²) >= 11 is 0. The van der Waals surface area contributed by atoms with Crippen molar-refractivity contribution >= 4 is 61.3 Å². The van der Waals surface area contributed by atoms with Crippen LogP contribution >= 0.6 is 0 Å². The minimum Gasteiger partial charge on any atom is -0.467 e. The summed E-state index contributed by atoms with van der Waals surface area (Å²) in [7, 11) is -5.82. The molecule has 2 aromatic rings. The first kappa shape index (κ1) is 57.7. The number of carbonyl (C=O) groups excluding carboxylic acids is 5. The summed E-state index contributed by atoms with van der Waals surface area (Å²) in [5.41, 5.74) is 3.07. The van der Waals surface area contributed by atoms with Gasteiger partial charge in [-0.25, -0.2) is 40.7 Å². The molecule has 3 amide bonds. The van der Waals surface area contributed by atoms with Gasteiger partial charge in [0.1, 0.15) is 39.7 Å². The van der Waals surface area contributed by atoms with Gasteiger partial charge in [-0.2, -0.15) is 0 Å². The first-order valence-electron chi connectivity index (χ1n) is 21.9. The van der Waals surface area contributed by atoms with Crippen molar-refractivity contribution in [2.75, 3.05) is 90.8 Å². The molecule has 69 heavy (non-hydrogen) atoms. The van der Waals surface area contributed by atoms with Gasteiger partial charge < -0.3 is 54.8 Å². The highest BCUT2D eigenvalue weighted by molar-refractivity contribution is 7.90. The average molecular weight is 1010 g/mol. The summed E-state index contributed by atoms with van der Waals surface area (Å²) in [6.45, 7) is 14.8. The zero-order valence-electron chi connectivity index (χ0n) is 39.7. The molecular weight excluding hydrogens is 945 g/mol. The van der Waals surface area contributed by atoms with Crippen LogP contribution in [0.2, 0.25) is 0 Å². The fourth-order valence-electron chi connectivity index (χ4n) is 6.29. The molecule has 2 fully saturated rings. The van der Waals surface area contributed by atoms with E-state index in [1.54, 1.807) is 57.2 Å². The quantitative estimate of drug-likeness (QED) is 0.0295. The molecule has 2 aliphatic carbocycles. The number of esters is 2. The number of alkyl carbamates (subject to hydrolysis) is 1. The summed E-state index contributed by atoms with van der Waals surface area (Å²) in [4.78, 5) is 59.4. The van der Waals surface area contributed by atoms with Gasteiger partial charge in [0.15, 0.2) is 0 Å². The lowest BCUT2D eigenvalue weighted by Crippen LogP contribution is -2.52. The molecule has 0 radical (unpaired) electrons. The van der Waals surface area contributed by atoms with E-state index in [0.717, 1.165) is 0 Å². The Kier molecular flexibility index (Phi) is 22.5. The maximum atomic E-state index is 13.1. The smallest absolute Gasteiger partial charge is 0.408 e. The van der Waals surface area contributed by atoms with Gasteiger partial charge in [-0.1, -0.05) is 36.4 Å². The largest absolute Gasteiger partial charge is 0.467 e. The molecular formula is C45H66N6O16S2. The van der Waals surface area contributed by atoms with Crippen LogP contribution in [0, 0.1) is 11.8 Å². The van der Waals surface area contributed by atoms with Crippen molar-refractivity contribution in [1.82, 2.24) is 14.8 Å². The van der Waals surface area contributed by atoms with Gasteiger partial charge >= 0.3 is 18.0 Å². The number of carbonyl (C=O) groups is 5. The number of anilines is 2. The van der Waals surface area contributed by atoms with Crippen LogP contribution in [0.25, 0.3) is 0 Å². The minimum atomic E-state index is -4.29. The number of hydrogen-bond donors (Lipinski definition) is 6. The molecule has 2 saturated carbocycles. The van der Waals surface area contributed by atoms with Gasteiger partial charge in [-0.05, 0) is 70.7 Å². The number of benzene rings is 2. The van der Waals surface area contributed by atoms with E-state index in [9.17, 15) is 40.8 Å². The Morgan fingerprint density at radius 2 is 1.10 bits per heavy atom. The maximum Gasteiger partial charge on any atom is 0.408 e. The molecule has 0 aliphatic heterocycles. The highest BCUT2D eigenvalue weighted by Gasteiger charge is 2.61. The van der Waals surface area contributed by atoms with Crippen LogP contribution in [0.4, 0.5) is 16.2 Å². The second kappa shape index (κ2) is 26.9. The van der Waals surface area contributed by atoms with Gasteiger partial charge in [0.25, 0.3) is 31.9 Å². The molecule has 384 valence electrons. The van der Waals surface area contributed by atoms with E-state index < -0.39 is 72.5 Å². The van der Waals surface area contributed by atoms with Crippen LogP contribution in [-0.4, -0.2) is 144 Å². The Hall–Kier alpha value is -5.63. The van der Waals surface area contributed by atoms with Crippen molar-refractivity contribution in [1.29, 1.82) is 0 Å². The molecule has 0 saturated heterocycles. The third-order valence-corrected chi connectivity index (χ3v) is 13.0. The molecule has 2 aromatic carbocycles. The van der Waals surface area contributed by atoms with E-state index in [2.05, 4.69) is 48.0 Å². The highest BCUT2D eigenvalue weighted by atomic mass is 32.2. The minimum absolute atomic E-state index is 0.0565. The van der Waals surface area contributed by atoms with Gasteiger partial charge in [-0.15, -0.1) is 13.2 Å². The number of amides is 3. The van der Waals surface area contributed by atoms with Crippen LogP contribution in [0.1, 0.15) is 46.5 Å². The zero-order valence-corrected chi connectivity index (χ0v) is 41.3. The van der Waals surface area contributed by atoms with Gasteiger partial charge in [0, 0.05) is 51.4 Å². The SMILES string of the molecule is C=C[C@@H]1C[C@]1(N)C(=O)NS(=O)(=O)c1ccccc1NCCOCCCOCC(=O)OC.C=C[C@@H]1C[C@]1(NC(=O)OC(C)(C)C)C(=O)NS(=O)(=O)c1ccccc1NCCOCCCOCC(=O)OC. The lowest BCUT2D eigenvalue weighted by atomic mass is 10.2. The third kappa shape index (κ3) is 18.7. The molecule has 0 bridgehead atoms. The molecule has 0 heterocycles. The van der Waals surface area contributed by atoms with E-state index in [4.69, 9.17) is 29.4 Å². The average Bonchev–Trinajstić information content (AvgIpc) is 4.21. The molecule has 4 rings (SSSR count). The van der Waals surface area contributed by atoms with Crippen molar-refractivity contribution in [3.63, 3.8) is 0 Å². The Morgan fingerprint density at radius 1 is 0.667 bits per heavy atom. The topological polar surface area (TPSA) is 304 Å². The first-order chi connectivity index (χ1) is 32.6. The van der Waals surface area contributed by atoms with E-state index in [1.165, 1.54) is 38.5 Å². The predicted molar refractivity (Wildman–Crippen MR) is 253 cm³/mol. The monoisotopic (exact) mass is 1010 g/mol. The third-order valence-electron chi connectivity index (χ3n) is 10.2. The number of rotatable bonds is 29. The summed E-state index contributed by atoms with van der Waals surface area (Å²) < 4.78 is 91.2. The van der Waals surface area contributed by atoms with Crippen molar-refractivity contribution < 1.29 is 74.0 Å². The second-order valence-corrected chi connectivity index (χ2v) is 19.9. The van der Waals surface area contributed by atoms with Crippen LogP contribution in [0.15, 0.2) is 83.6 Å². The van der Waals surface area contributed by atoms with Gasteiger partial charge in [-0.3, -0.25) is 9.59 Å². The van der Waals surface area contributed by atoms with E-state index >= 15 is 0 Å². The maximum absolute atomic E-state index is 13.1. The number of nitrogens with one attached hydrogen (secondary N) is 5. The van der Waals surface area contributed by atoms with E-state index in [-0.39, 0.29) is 47.6 Å². The molecule has 0 aromatic heterocycles. The summed E-state index contributed by atoms with van der Waals surface area (Å²) in [5, 5.41) is 8.51. The molecule has 22 nitrogen and oxygen atoms in total. The molecule has 0 unspecified atom stereocenters. The normalized spacial score (nSPS) is 19.3. The lowest BCUT2D eigenvalue weighted by molar-refractivity contribution is -0.146. The van der Waals surface area contributed by atoms with Crippen molar-refractivity contribution in [3.8, 4) is 0 Å². The number of hydrogen-bond acceptors (Lipinski definition) is 19. The van der Waals surface area contributed by atoms with Gasteiger partial charge in [0.2, 0.25) is 0 Å². The summed E-state index contributed by atoms with van der Waals surface area (Å²) in [5.74, 6) is -3.19. The fraction of sp³-hybridized carbons (Fsp3) is 0.533. The molecule has 7 N–H and O–H groups in total. The molecule has 0 spiro atoms. The number of nitrogens with two attached hydrogens (primary N) is 1. The summed E-state index contributed by atoms with van der Waals surface area (Å²) in [6, 6.07) is 12.4. The van der Waals surface area contributed by atoms with Crippen molar-refractivity contribution in [2.45, 2.75) is 72.9 Å². The molecule has 2 aliphatic rings. The number of methoxy groups -OCH3 is 2. The highest BCUT2D eigenvalue weighted by Crippen LogP contribution is 2.45. The Bertz CT molecular complexity index is 2310. The van der Waals surface area contributed by atoms with E-state index in [0.29, 0.717) is 71.1 Å². The second-order valence-electron chi connectivity index (χ2n) is 16.6. The zero-order chi connectivity index (χ0) is 51.3. The van der Waals surface area contributed by atoms with Crippen LogP contribution in [0.5, 0.6) is 0 Å². The van der Waals surface area contributed by atoms with Crippen molar-refractivity contribution in [2.24, 2.45) is 17.6 Å². The number of para-hydroxylation sites is 2. The number of sulfonamides is 2. The van der Waals surface area contributed by atoms with E-state index in [1.807, 2.05) is 0 Å². The summed E-state index contributed by atoms with van der Waals surface area (Å²) in [6.07, 6.45) is 3.94. The van der Waals surface area contributed by atoms with Crippen LogP contribution < -0.4 is 31.1 Å². The Labute approximate surface area is 403 Å². The fourth-order valence-corrected chi connectivity index (χ4v) is 8.74. The van der Waals surface area contributed by atoms with Gasteiger partial charge in [0.05, 0.1) is 38.8 Å². The Balaban J connectivity index is 0.000000373. The number of ether oxygens (including phenoxy) is 7. The van der Waals surface area contributed by atoms with Crippen molar-refractivity contribution in [3.05, 3.63) is 73.8 Å².